The molecule has 0 bridgehead atoms. The molecule has 24 heavy (non-hydrogen) atoms. The summed E-state index contributed by atoms with van der Waals surface area (Å²) in [6.45, 7) is -1.19. The number of halogens is 3. The molecule has 2 N–H and O–H groups in total. The van der Waals surface area contributed by atoms with Gasteiger partial charge in [0.1, 0.15) is 0 Å². The number of fused-ring (bicyclic) bond motifs is 1. The minimum absolute atomic E-state index is 0.156. The summed E-state index contributed by atoms with van der Waals surface area (Å²) in [5.74, 6) is -5.15. The van der Waals surface area contributed by atoms with E-state index in [4.69, 9.17) is 5.11 Å². The monoisotopic (exact) mass is 344 g/mol. The number of urea groups is 1. The lowest BCUT2D eigenvalue weighted by molar-refractivity contribution is -0.187. The van der Waals surface area contributed by atoms with Crippen molar-refractivity contribution in [2.24, 2.45) is 11.8 Å². The summed E-state index contributed by atoms with van der Waals surface area (Å²) in [4.78, 5) is 24.0. The largest absolute Gasteiger partial charge is 0.481 e. The van der Waals surface area contributed by atoms with Crippen LogP contribution in [0, 0.1) is 11.8 Å². The summed E-state index contributed by atoms with van der Waals surface area (Å²) in [6.07, 6.45) is -2.10. The van der Waals surface area contributed by atoms with E-state index in [1.165, 1.54) is 0 Å². The van der Waals surface area contributed by atoms with Gasteiger partial charge in [-0.2, -0.15) is 18.3 Å². The Morgan fingerprint density at radius 1 is 1.25 bits per heavy atom. The van der Waals surface area contributed by atoms with Crippen LogP contribution < -0.4 is 5.32 Å². The Morgan fingerprint density at radius 3 is 2.62 bits per heavy atom. The minimum Gasteiger partial charge on any atom is -0.481 e. The van der Waals surface area contributed by atoms with Crippen molar-refractivity contribution in [2.45, 2.75) is 25.4 Å². The standard InChI is InChI=1S/C14H15F3N4O3/c15-14(16,17)9-6-21(5-8(9)12(22)23)13(24)18-11-4-7-2-1-3-10(7)19-20-11/h4,8-9H,1-3,5-6H2,(H,22,23)(H,18,20,24)/t8-,9-/m1/s1. The Balaban J connectivity index is 1.70. The van der Waals surface area contributed by atoms with E-state index in [9.17, 15) is 22.8 Å². The average molecular weight is 344 g/mol. The van der Waals surface area contributed by atoms with Crippen LogP contribution in [0.5, 0.6) is 0 Å². The molecule has 10 heteroatoms. The van der Waals surface area contributed by atoms with Crippen LogP contribution in [-0.2, 0) is 17.6 Å². The van der Waals surface area contributed by atoms with Gasteiger partial charge < -0.3 is 10.0 Å². The summed E-state index contributed by atoms with van der Waals surface area (Å²) in [7, 11) is 0. The third-order valence-corrected chi connectivity index (χ3v) is 4.40. The van der Waals surface area contributed by atoms with Gasteiger partial charge in [0.05, 0.1) is 17.5 Å². The second-order valence-corrected chi connectivity index (χ2v) is 5.98. The quantitative estimate of drug-likeness (QED) is 0.851. The number of hydrogen-bond donors (Lipinski definition) is 2. The zero-order valence-electron chi connectivity index (χ0n) is 12.5. The van der Waals surface area contributed by atoms with Crippen molar-refractivity contribution in [2.75, 3.05) is 18.4 Å². The van der Waals surface area contributed by atoms with Crippen LogP contribution in [0.3, 0.4) is 0 Å². The molecule has 1 aromatic rings. The number of aryl methyl sites for hydroxylation is 2. The van der Waals surface area contributed by atoms with E-state index in [-0.39, 0.29) is 5.82 Å². The molecular formula is C14H15F3N4O3. The van der Waals surface area contributed by atoms with Crippen molar-refractivity contribution in [3.8, 4) is 0 Å². The number of carboxylic acids is 1. The molecule has 1 aliphatic heterocycles. The van der Waals surface area contributed by atoms with E-state index < -0.39 is 43.1 Å². The zero-order valence-corrected chi connectivity index (χ0v) is 12.5. The molecule has 2 heterocycles. The number of likely N-dealkylation sites (tertiary alicyclic amines) is 1. The smallest absolute Gasteiger partial charge is 0.394 e. The Bertz CT molecular complexity index is 680. The molecule has 3 rings (SSSR count). The first-order chi connectivity index (χ1) is 11.3. The van der Waals surface area contributed by atoms with Gasteiger partial charge in [-0.15, -0.1) is 5.10 Å². The molecule has 1 aliphatic carbocycles. The number of nitrogens with zero attached hydrogens (tertiary/aromatic N) is 3. The second-order valence-electron chi connectivity index (χ2n) is 5.98. The summed E-state index contributed by atoms with van der Waals surface area (Å²) < 4.78 is 38.8. The molecular weight excluding hydrogens is 329 g/mol. The summed E-state index contributed by atoms with van der Waals surface area (Å²) in [5, 5.41) is 19.2. The predicted octanol–water partition coefficient (Wildman–Crippen LogP) is 1.69. The molecule has 0 unspecified atom stereocenters. The lowest BCUT2D eigenvalue weighted by atomic mass is 9.96. The van der Waals surface area contributed by atoms with Crippen molar-refractivity contribution in [3.63, 3.8) is 0 Å². The first kappa shape index (κ1) is 16.5. The highest BCUT2D eigenvalue weighted by molar-refractivity contribution is 5.89. The van der Waals surface area contributed by atoms with Crippen LogP contribution in [0.25, 0.3) is 0 Å². The third kappa shape index (κ3) is 3.13. The van der Waals surface area contributed by atoms with Crippen molar-refractivity contribution < 1.29 is 27.9 Å². The number of anilines is 1. The van der Waals surface area contributed by atoms with E-state index in [0.717, 1.165) is 35.4 Å². The average Bonchev–Trinajstić information content (AvgIpc) is 3.13. The second kappa shape index (κ2) is 5.91. The number of carbonyl (C=O) groups is 2. The first-order valence-electron chi connectivity index (χ1n) is 7.46. The molecule has 0 aromatic carbocycles. The lowest BCUT2D eigenvalue weighted by Crippen LogP contribution is -2.35. The summed E-state index contributed by atoms with van der Waals surface area (Å²) in [5.41, 5.74) is 1.82. The predicted molar refractivity (Wildman–Crippen MR) is 75.3 cm³/mol. The van der Waals surface area contributed by atoms with E-state index in [1.54, 1.807) is 6.07 Å². The molecule has 130 valence electrons. The van der Waals surface area contributed by atoms with Crippen LogP contribution in [0.2, 0.25) is 0 Å². The van der Waals surface area contributed by atoms with Crippen LogP contribution in [0.1, 0.15) is 17.7 Å². The van der Waals surface area contributed by atoms with Gasteiger partial charge in [-0.25, -0.2) is 4.79 Å². The highest BCUT2D eigenvalue weighted by atomic mass is 19.4. The Hall–Kier alpha value is -2.39. The first-order valence-corrected chi connectivity index (χ1v) is 7.46. The van der Waals surface area contributed by atoms with Crippen molar-refractivity contribution in [1.82, 2.24) is 15.1 Å². The molecule has 7 nitrogen and oxygen atoms in total. The number of hydrogen-bond acceptors (Lipinski definition) is 4. The fraction of sp³-hybridized carbons (Fsp3) is 0.571. The van der Waals surface area contributed by atoms with Gasteiger partial charge >= 0.3 is 18.2 Å². The van der Waals surface area contributed by atoms with Crippen LogP contribution in [0.15, 0.2) is 6.07 Å². The number of aliphatic carboxylic acids is 1. The number of carbonyl (C=O) groups excluding carboxylic acids is 1. The number of nitrogens with one attached hydrogen (secondary N) is 1. The van der Waals surface area contributed by atoms with E-state index in [2.05, 4.69) is 15.5 Å². The normalized spacial score (nSPS) is 23.2. The number of aromatic nitrogens is 2. The Labute approximate surface area is 134 Å². The highest BCUT2D eigenvalue weighted by Crippen LogP contribution is 2.37. The Morgan fingerprint density at radius 2 is 2.00 bits per heavy atom. The number of amides is 2. The van der Waals surface area contributed by atoms with Gasteiger partial charge in [-0.1, -0.05) is 0 Å². The van der Waals surface area contributed by atoms with Gasteiger partial charge in [-0.3, -0.25) is 10.1 Å². The van der Waals surface area contributed by atoms with E-state index in [1.807, 2.05) is 0 Å². The molecule has 1 saturated heterocycles. The maximum atomic E-state index is 12.9. The Kier molecular flexibility index (Phi) is 4.06. The maximum Gasteiger partial charge on any atom is 0.394 e. The van der Waals surface area contributed by atoms with E-state index in [0.29, 0.717) is 0 Å². The minimum atomic E-state index is -4.68. The van der Waals surface area contributed by atoms with Crippen molar-refractivity contribution >= 4 is 17.8 Å². The van der Waals surface area contributed by atoms with Crippen molar-refractivity contribution in [3.05, 3.63) is 17.3 Å². The molecule has 2 atom stereocenters. The van der Waals surface area contributed by atoms with Gasteiger partial charge in [-0.05, 0) is 30.9 Å². The van der Waals surface area contributed by atoms with Gasteiger partial charge in [0.15, 0.2) is 5.82 Å². The molecule has 0 saturated carbocycles. The van der Waals surface area contributed by atoms with Gasteiger partial charge in [0.25, 0.3) is 0 Å². The molecule has 1 fully saturated rings. The highest BCUT2D eigenvalue weighted by Gasteiger charge is 2.53. The number of rotatable bonds is 2. The number of carboxylic acid groups (broad SMARTS) is 1. The summed E-state index contributed by atoms with van der Waals surface area (Å²) in [6, 6.07) is 0.847. The van der Waals surface area contributed by atoms with Crippen molar-refractivity contribution in [1.29, 1.82) is 0 Å². The van der Waals surface area contributed by atoms with Crippen LogP contribution in [0.4, 0.5) is 23.8 Å². The molecule has 2 amide bonds. The topological polar surface area (TPSA) is 95.4 Å². The maximum absolute atomic E-state index is 12.9. The molecule has 0 spiro atoms. The zero-order chi connectivity index (χ0) is 17.5. The van der Waals surface area contributed by atoms with Crippen LogP contribution >= 0.6 is 0 Å². The van der Waals surface area contributed by atoms with Gasteiger partial charge in [0.2, 0.25) is 0 Å². The molecule has 0 radical (unpaired) electrons. The molecule has 2 aliphatic rings. The van der Waals surface area contributed by atoms with E-state index >= 15 is 0 Å². The summed E-state index contributed by atoms with van der Waals surface area (Å²) >= 11 is 0. The lowest BCUT2D eigenvalue weighted by Gasteiger charge is -2.18. The van der Waals surface area contributed by atoms with Crippen LogP contribution in [-0.4, -0.2) is 51.5 Å². The fourth-order valence-corrected chi connectivity index (χ4v) is 3.13. The fourth-order valence-electron chi connectivity index (χ4n) is 3.13. The number of alkyl halides is 3. The van der Waals surface area contributed by atoms with Gasteiger partial charge in [0, 0.05) is 13.1 Å². The third-order valence-electron chi connectivity index (χ3n) is 4.40. The SMILES string of the molecule is O=C(O)[C@@H]1CN(C(=O)Nc2cc3c(nn2)CCC3)C[C@H]1C(F)(F)F. The molecule has 1 aromatic heterocycles.